The Morgan fingerprint density at radius 1 is 1.17 bits per heavy atom. The van der Waals surface area contributed by atoms with E-state index < -0.39 is 5.97 Å². The van der Waals surface area contributed by atoms with Crippen LogP contribution >= 0.6 is 0 Å². The lowest BCUT2D eigenvalue weighted by atomic mass is 9.88. The van der Waals surface area contributed by atoms with E-state index in [4.69, 9.17) is 5.11 Å². The van der Waals surface area contributed by atoms with Crippen LogP contribution in [-0.2, 0) is 4.79 Å². The van der Waals surface area contributed by atoms with Gasteiger partial charge in [-0.15, -0.1) is 0 Å². The summed E-state index contributed by atoms with van der Waals surface area (Å²) in [5.41, 5.74) is 0. The van der Waals surface area contributed by atoms with E-state index in [0.29, 0.717) is 11.8 Å². The van der Waals surface area contributed by atoms with E-state index >= 15 is 0 Å². The van der Waals surface area contributed by atoms with Crippen molar-refractivity contribution < 1.29 is 20.1 Å². The molecule has 1 fully saturated rings. The zero-order chi connectivity index (χ0) is 17.1. The van der Waals surface area contributed by atoms with Gasteiger partial charge in [0, 0.05) is 6.42 Å². The number of hydrogen-bond donors (Lipinski definition) is 3. The summed E-state index contributed by atoms with van der Waals surface area (Å²) in [6.45, 7) is 2.07. The quantitative estimate of drug-likeness (QED) is 0.375. The van der Waals surface area contributed by atoms with Crippen molar-refractivity contribution >= 4 is 5.97 Å². The maximum Gasteiger partial charge on any atom is 0.303 e. The molecule has 0 bridgehead atoms. The van der Waals surface area contributed by atoms with Crippen LogP contribution < -0.4 is 0 Å². The first-order valence-electron chi connectivity index (χ1n) is 9.30. The number of aliphatic hydroxyl groups excluding tert-OH is 2. The first-order chi connectivity index (χ1) is 11.0. The van der Waals surface area contributed by atoms with Gasteiger partial charge in [0.25, 0.3) is 0 Å². The molecule has 134 valence electrons. The number of aliphatic carboxylic acids is 1. The van der Waals surface area contributed by atoms with E-state index in [9.17, 15) is 15.0 Å². The summed E-state index contributed by atoms with van der Waals surface area (Å²) < 4.78 is 0. The molecule has 1 saturated carbocycles. The normalized spacial score (nSPS) is 26.0. The van der Waals surface area contributed by atoms with Crippen molar-refractivity contribution in [1.29, 1.82) is 0 Å². The SMILES string of the molecule is CCCC(O)C=CC1CCC(O)C1CCCCCCCC(=O)O. The smallest absolute Gasteiger partial charge is 0.303 e. The van der Waals surface area contributed by atoms with Gasteiger partial charge in [0.1, 0.15) is 0 Å². The van der Waals surface area contributed by atoms with Gasteiger partial charge in [-0.1, -0.05) is 51.2 Å². The van der Waals surface area contributed by atoms with E-state index in [1.54, 1.807) is 0 Å². The maximum atomic E-state index is 10.4. The molecule has 23 heavy (non-hydrogen) atoms. The zero-order valence-electron chi connectivity index (χ0n) is 14.5. The van der Waals surface area contributed by atoms with Crippen molar-refractivity contribution in [3.05, 3.63) is 12.2 Å². The van der Waals surface area contributed by atoms with Gasteiger partial charge in [-0.3, -0.25) is 4.79 Å². The van der Waals surface area contributed by atoms with Crippen molar-refractivity contribution in [3.8, 4) is 0 Å². The molecular formula is C19H34O4. The fraction of sp³-hybridized carbons (Fsp3) is 0.842. The summed E-state index contributed by atoms with van der Waals surface area (Å²) in [4.78, 5) is 10.4. The van der Waals surface area contributed by atoms with Crippen LogP contribution in [0.2, 0.25) is 0 Å². The second-order valence-electron chi connectivity index (χ2n) is 6.91. The highest BCUT2D eigenvalue weighted by Gasteiger charge is 2.32. The Hall–Kier alpha value is -0.870. The Labute approximate surface area is 140 Å². The fourth-order valence-corrected chi connectivity index (χ4v) is 3.57. The van der Waals surface area contributed by atoms with E-state index in [0.717, 1.165) is 64.2 Å². The molecule has 4 unspecified atom stereocenters. The molecule has 0 amide bonds. The minimum Gasteiger partial charge on any atom is -0.481 e. The molecule has 1 aliphatic rings. The van der Waals surface area contributed by atoms with Crippen LogP contribution in [0.15, 0.2) is 12.2 Å². The molecule has 0 spiro atoms. The number of carbonyl (C=O) groups is 1. The van der Waals surface area contributed by atoms with E-state index in [1.165, 1.54) is 0 Å². The third kappa shape index (κ3) is 8.52. The molecular weight excluding hydrogens is 292 g/mol. The van der Waals surface area contributed by atoms with E-state index in [-0.39, 0.29) is 18.6 Å². The Bertz CT molecular complexity index is 353. The summed E-state index contributed by atoms with van der Waals surface area (Å²) >= 11 is 0. The van der Waals surface area contributed by atoms with Gasteiger partial charge in [-0.25, -0.2) is 0 Å². The molecule has 0 heterocycles. The fourth-order valence-electron chi connectivity index (χ4n) is 3.57. The highest BCUT2D eigenvalue weighted by Crippen LogP contribution is 2.36. The summed E-state index contributed by atoms with van der Waals surface area (Å²) in [5.74, 6) is 0.00146. The summed E-state index contributed by atoms with van der Waals surface area (Å²) in [6.07, 6.45) is 13.4. The largest absolute Gasteiger partial charge is 0.481 e. The summed E-state index contributed by atoms with van der Waals surface area (Å²) in [5, 5.41) is 28.6. The molecule has 3 N–H and O–H groups in total. The molecule has 4 heteroatoms. The van der Waals surface area contributed by atoms with Crippen LogP contribution in [-0.4, -0.2) is 33.5 Å². The third-order valence-corrected chi connectivity index (χ3v) is 4.93. The predicted octanol–water partition coefficient (Wildman–Crippen LogP) is 3.91. The monoisotopic (exact) mass is 326 g/mol. The maximum absolute atomic E-state index is 10.4. The van der Waals surface area contributed by atoms with Crippen LogP contribution in [0.25, 0.3) is 0 Å². The Morgan fingerprint density at radius 3 is 2.57 bits per heavy atom. The van der Waals surface area contributed by atoms with Crippen molar-refractivity contribution in [2.75, 3.05) is 0 Å². The van der Waals surface area contributed by atoms with Gasteiger partial charge in [0.05, 0.1) is 12.2 Å². The molecule has 0 saturated heterocycles. The average molecular weight is 326 g/mol. The number of carboxylic acids is 1. The first-order valence-corrected chi connectivity index (χ1v) is 9.30. The lowest BCUT2D eigenvalue weighted by Gasteiger charge is -2.20. The van der Waals surface area contributed by atoms with E-state index in [1.807, 2.05) is 6.08 Å². The van der Waals surface area contributed by atoms with Crippen molar-refractivity contribution in [2.45, 2.75) is 89.8 Å². The van der Waals surface area contributed by atoms with Crippen molar-refractivity contribution in [2.24, 2.45) is 11.8 Å². The molecule has 1 rings (SSSR count). The highest BCUT2D eigenvalue weighted by atomic mass is 16.4. The minimum atomic E-state index is -0.709. The number of unbranched alkanes of at least 4 members (excludes halogenated alkanes) is 4. The molecule has 1 aliphatic carbocycles. The third-order valence-electron chi connectivity index (χ3n) is 4.93. The number of allylic oxidation sites excluding steroid dienone is 1. The first kappa shape index (κ1) is 20.2. The Kier molecular flexibility index (Phi) is 10.2. The Morgan fingerprint density at radius 2 is 1.87 bits per heavy atom. The Balaban J connectivity index is 2.23. The molecule has 0 aromatic carbocycles. The van der Waals surface area contributed by atoms with Gasteiger partial charge in [-0.05, 0) is 43.9 Å². The van der Waals surface area contributed by atoms with Gasteiger partial charge in [0.2, 0.25) is 0 Å². The van der Waals surface area contributed by atoms with Crippen LogP contribution in [0.1, 0.15) is 77.6 Å². The number of rotatable bonds is 12. The standard InChI is InChI=1S/C19H34O4/c1-2-8-16(20)13-11-15-12-14-18(21)17(15)9-6-4-3-5-7-10-19(22)23/h11,13,15-18,20-21H,2-10,12,14H2,1H3,(H,22,23). The predicted molar refractivity (Wildman–Crippen MR) is 92.2 cm³/mol. The van der Waals surface area contributed by atoms with Crippen molar-refractivity contribution in [3.63, 3.8) is 0 Å². The van der Waals surface area contributed by atoms with Crippen LogP contribution in [0.5, 0.6) is 0 Å². The van der Waals surface area contributed by atoms with Crippen molar-refractivity contribution in [1.82, 2.24) is 0 Å². The second kappa shape index (κ2) is 11.6. The minimum absolute atomic E-state index is 0.208. The molecule has 0 aromatic heterocycles. The molecule has 0 aliphatic heterocycles. The van der Waals surface area contributed by atoms with Crippen LogP contribution in [0.3, 0.4) is 0 Å². The number of hydrogen-bond acceptors (Lipinski definition) is 3. The number of aliphatic hydroxyl groups is 2. The van der Waals surface area contributed by atoms with Gasteiger partial charge < -0.3 is 15.3 Å². The van der Waals surface area contributed by atoms with Crippen LogP contribution in [0.4, 0.5) is 0 Å². The zero-order valence-corrected chi connectivity index (χ0v) is 14.5. The lowest BCUT2D eigenvalue weighted by Crippen LogP contribution is -2.18. The van der Waals surface area contributed by atoms with Crippen LogP contribution in [0, 0.1) is 11.8 Å². The second-order valence-corrected chi connectivity index (χ2v) is 6.91. The summed E-state index contributed by atoms with van der Waals surface area (Å²) in [7, 11) is 0. The highest BCUT2D eigenvalue weighted by molar-refractivity contribution is 5.66. The molecule has 0 radical (unpaired) electrons. The average Bonchev–Trinajstić information content (AvgIpc) is 2.85. The lowest BCUT2D eigenvalue weighted by molar-refractivity contribution is -0.137. The van der Waals surface area contributed by atoms with Gasteiger partial charge >= 0.3 is 5.97 Å². The summed E-state index contributed by atoms with van der Waals surface area (Å²) in [6, 6.07) is 0. The molecule has 0 aromatic rings. The number of carboxylic acid groups (broad SMARTS) is 1. The molecule has 4 nitrogen and oxygen atoms in total. The van der Waals surface area contributed by atoms with Gasteiger partial charge in [0.15, 0.2) is 0 Å². The van der Waals surface area contributed by atoms with Gasteiger partial charge in [-0.2, -0.15) is 0 Å². The van der Waals surface area contributed by atoms with E-state index in [2.05, 4.69) is 13.0 Å². The topological polar surface area (TPSA) is 77.8 Å². The molecule has 4 atom stereocenters.